The zero-order chi connectivity index (χ0) is 12.7. The molecule has 17 heavy (non-hydrogen) atoms. The Kier molecular flexibility index (Phi) is 2.91. The van der Waals surface area contributed by atoms with Crippen LogP contribution in [0, 0.1) is 0 Å². The predicted molar refractivity (Wildman–Crippen MR) is 66.5 cm³/mol. The molecule has 92 valence electrons. The van der Waals surface area contributed by atoms with Crippen molar-refractivity contribution in [2.24, 2.45) is 0 Å². The topological polar surface area (TPSA) is 40.6 Å². The molecule has 1 aromatic heterocycles. The van der Waals surface area contributed by atoms with E-state index in [2.05, 4.69) is 4.98 Å². The number of hydrogen-bond acceptors (Lipinski definition) is 4. The van der Waals surface area contributed by atoms with Gasteiger partial charge in [-0.05, 0) is 33.8 Å². The van der Waals surface area contributed by atoms with Gasteiger partial charge in [-0.25, -0.2) is 4.98 Å². The van der Waals surface area contributed by atoms with Gasteiger partial charge in [0.15, 0.2) is 0 Å². The number of nitrogens with zero attached hydrogens (tertiary/aromatic N) is 1. The Hall–Kier alpha value is -1.07. The van der Waals surface area contributed by atoms with Crippen molar-refractivity contribution in [3.63, 3.8) is 0 Å². The van der Waals surface area contributed by atoms with Crippen LogP contribution in [0.3, 0.4) is 0 Å². The van der Waals surface area contributed by atoms with Gasteiger partial charge in [-0.1, -0.05) is 6.07 Å². The summed E-state index contributed by atoms with van der Waals surface area (Å²) in [5.41, 5.74) is 0.130. The lowest BCUT2D eigenvalue weighted by molar-refractivity contribution is 0.00578. The molecule has 0 N–H and O–H groups in total. The molecule has 1 aromatic rings. The third kappa shape index (κ3) is 2.05. The van der Waals surface area contributed by atoms with E-state index in [1.165, 1.54) is 0 Å². The van der Waals surface area contributed by atoms with Crippen LogP contribution in [0.1, 0.15) is 27.7 Å². The summed E-state index contributed by atoms with van der Waals surface area (Å²) >= 11 is 0. The zero-order valence-electron chi connectivity index (χ0n) is 11.0. The van der Waals surface area contributed by atoms with Gasteiger partial charge in [0.1, 0.15) is 0 Å². The van der Waals surface area contributed by atoms with E-state index in [4.69, 9.17) is 14.0 Å². The molecular formula is C12H18BNO3. The first-order valence-corrected chi connectivity index (χ1v) is 5.72. The monoisotopic (exact) mass is 235 g/mol. The molecule has 2 heterocycles. The van der Waals surface area contributed by atoms with E-state index in [1.807, 2.05) is 39.8 Å². The average molecular weight is 235 g/mol. The number of ether oxygens (including phenoxy) is 1. The van der Waals surface area contributed by atoms with Gasteiger partial charge in [-0.2, -0.15) is 0 Å². The minimum atomic E-state index is -0.427. The second-order valence-electron chi connectivity index (χ2n) is 5.19. The average Bonchev–Trinajstić information content (AvgIpc) is 2.48. The first-order chi connectivity index (χ1) is 7.87. The molecule has 1 aliphatic heterocycles. The lowest BCUT2D eigenvalue weighted by atomic mass is 9.80. The van der Waals surface area contributed by atoms with E-state index in [1.54, 1.807) is 13.3 Å². The van der Waals surface area contributed by atoms with Gasteiger partial charge in [0.2, 0.25) is 5.88 Å². The van der Waals surface area contributed by atoms with Crippen molar-refractivity contribution in [3.05, 3.63) is 18.3 Å². The van der Waals surface area contributed by atoms with Crippen LogP contribution in [-0.2, 0) is 9.31 Å². The predicted octanol–water partition coefficient (Wildman–Crippen LogP) is 1.39. The minimum Gasteiger partial charge on any atom is -0.481 e. The van der Waals surface area contributed by atoms with E-state index in [9.17, 15) is 0 Å². The van der Waals surface area contributed by atoms with E-state index in [0.717, 1.165) is 5.46 Å². The van der Waals surface area contributed by atoms with Gasteiger partial charge < -0.3 is 14.0 Å². The van der Waals surface area contributed by atoms with Crippen molar-refractivity contribution < 1.29 is 14.0 Å². The van der Waals surface area contributed by atoms with Crippen LogP contribution in [0.25, 0.3) is 0 Å². The Bertz CT molecular complexity index is 404. The fourth-order valence-corrected chi connectivity index (χ4v) is 1.72. The summed E-state index contributed by atoms with van der Waals surface area (Å²) in [6, 6.07) is 3.76. The maximum Gasteiger partial charge on any atom is 0.500 e. The van der Waals surface area contributed by atoms with Crippen LogP contribution < -0.4 is 10.2 Å². The maximum atomic E-state index is 5.95. The third-order valence-corrected chi connectivity index (χ3v) is 3.50. The molecule has 0 amide bonds. The summed E-state index contributed by atoms with van der Waals surface area (Å²) in [6.07, 6.45) is 1.69. The van der Waals surface area contributed by atoms with Gasteiger partial charge in [-0.3, -0.25) is 0 Å². The second kappa shape index (κ2) is 4.00. The molecule has 0 spiro atoms. The number of hydrogen-bond donors (Lipinski definition) is 0. The second-order valence-corrected chi connectivity index (χ2v) is 5.19. The smallest absolute Gasteiger partial charge is 0.481 e. The van der Waals surface area contributed by atoms with Crippen LogP contribution in [0.15, 0.2) is 18.3 Å². The summed E-state index contributed by atoms with van der Waals surface area (Å²) in [7, 11) is 1.17. The van der Waals surface area contributed by atoms with Crippen molar-refractivity contribution >= 4 is 12.6 Å². The quantitative estimate of drug-likeness (QED) is 0.726. The Morgan fingerprint density at radius 3 is 2.29 bits per heavy atom. The standard InChI is InChI=1S/C12H18BNO3/c1-11(2)12(3,4)17-13(16-11)9-7-6-8-14-10(9)15-5/h6-8H,1-5H3. The molecule has 2 rings (SSSR count). The van der Waals surface area contributed by atoms with Crippen molar-refractivity contribution in [2.75, 3.05) is 7.11 Å². The van der Waals surface area contributed by atoms with Gasteiger partial charge in [0, 0.05) is 11.7 Å². The summed E-state index contributed by atoms with van der Waals surface area (Å²) in [4.78, 5) is 4.16. The molecule has 0 atom stereocenters. The molecule has 0 saturated carbocycles. The number of rotatable bonds is 2. The van der Waals surface area contributed by atoms with Crippen LogP contribution in [0.5, 0.6) is 5.88 Å². The van der Waals surface area contributed by atoms with Crippen molar-refractivity contribution in [1.82, 2.24) is 4.98 Å². The molecule has 0 unspecified atom stereocenters. The highest BCUT2D eigenvalue weighted by Gasteiger charge is 2.52. The van der Waals surface area contributed by atoms with E-state index < -0.39 is 7.12 Å². The van der Waals surface area contributed by atoms with Gasteiger partial charge in [-0.15, -0.1) is 0 Å². The van der Waals surface area contributed by atoms with E-state index in [0.29, 0.717) is 5.88 Å². The normalized spacial score (nSPS) is 21.6. The molecule has 4 nitrogen and oxygen atoms in total. The number of pyridine rings is 1. The lowest BCUT2D eigenvalue weighted by Gasteiger charge is -2.32. The zero-order valence-corrected chi connectivity index (χ0v) is 11.0. The van der Waals surface area contributed by atoms with Gasteiger partial charge in [0.05, 0.1) is 18.3 Å². The Labute approximate surface area is 102 Å². The molecule has 0 aromatic carbocycles. The van der Waals surface area contributed by atoms with Crippen molar-refractivity contribution in [1.29, 1.82) is 0 Å². The minimum absolute atomic E-state index is 0.349. The molecule has 1 saturated heterocycles. The van der Waals surface area contributed by atoms with Crippen LogP contribution in [0.4, 0.5) is 0 Å². The molecule has 0 radical (unpaired) electrons. The van der Waals surface area contributed by atoms with Crippen LogP contribution in [0.2, 0.25) is 0 Å². The highest BCUT2D eigenvalue weighted by Crippen LogP contribution is 2.36. The fraction of sp³-hybridized carbons (Fsp3) is 0.583. The summed E-state index contributed by atoms with van der Waals surface area (Å²) < 4.78 is 17.1. The van der Waals surface area contributed by atoms with Crippen molar-refractivity contribution in [3.8, 4) is 5.88 Å². The maximum absolute atomic E-state index is 5.95. The van der Waals surface area contributed by atoms with Crippen molar-refractivity contribution in [2.45, 2.75) is 38.9 Å². The Morgan fingerprint density at radius 2 is 1.76 bits per heavy atom. The summed E-state index contributed by atoms with van der Waals surface area (Å²) in [6.45, 7) is 8.09. The first-order valence-electron chi connectivity index (χ1n) is 5.72. The van der Waals surface area contributed by atoms with Gasteiger partial charge >= 0.3 is 7.12 Å². The lowest BCUT2D eigenvalue weighted by Crippen LogP contribution is -2.41. The Morgan fingerprint density at radius 1 is 1.18 bits per heavy atom. The first kappa shape index (κ1) is 12.4. The van der Waals surface area contributed by atoms with Crippen LogP contribution in [-0.4, -0.2) is 30.4 Å². The fourth-order valence-electron chi connectivity index (χ4n) is 1.72. The molecular weight excluding hydrogens is 217 g/mol. The van der Waals surface area contributed by atoms with Gasteiger partial charge in [0.25, 0.3) is 0 Å². The van der Waals surface area contributed by atoms with Crippen LogP contribution >= 0.6 is 0 Å². The molecule has 0 bridgehead atoms. The molecule has 5 heteroatoms. The molecule has 1 aliphatic rings. The highest BCUT2D eigenvalue weighted by atomic mass is 16.7. The third-order valence-electron chi connectivity index (χ3n) is 3.50. The molecule has 0 aliphatic carbocycles. The largest absolute Gasteiger partial charge is 0.500 e. The number of aromatic nitrogens is 1. The Balaban J connectivity index is 2.32. The summed E-state index contributed by atoms with van der Waals surface area (Å²) in [5.74, 6) is 0.547. The SMILES string of the molecule is COc1ncccc1B1OC(C)(C)C(C)(C)O1. The highest BCUT2D eigenvalue weighted by molar-refractivity contribution is 6.63. The molecule has 1 fully saturated rings. The van der Waals surface area contributed by atoms with E-state index in [-0.39, 0.29) is 11.2 Å². The van der Waals surface area contributed by atoms with E-state index >= 15 is 0 Å². The summed E-state index contributed by atoms with van der Waals surface area (Å²) in [5, 5.41) is 0. The number of methoxy groups -OCH3 is 1.